The molecule has 0 spiro atoms. The predicted molar refractivity (Wildman–Crippen MR) is 124 cm³/mol. The van der Waals surface area contributed by atoms with Crippen molar-refractivity contribution < 1.29 is 4.79 Å². The molecule has 3 aromatic carbocycles. The number of H-pyrrole nitrogens is 2. The van der Waals surface area contributed by atoms with Gasteiger partial charge < -0.3 is 20.2 Å². The van der Waals surface area contributed by atoms with Gasteiger partial charge in [0.05, 0.1) is 11.7 Å². The molecule has 1 aliphatic heterocycles. The molecule has 2 aromatic heterocycles. The lowest BCUT2D eigenvalue weighted by Gasteiger charge is -2.37. The molecule has 1 unspecified atom stereocenters. The summed E-state index contributed by atoms with van der Waals surface area (Å²) in [4.78, 5) is 22.1. The van der Waals surface area contributed by atoms with Gasteiger partial charge in [-0.25, -0.2) is 4.79 Å². The van der Waals surface area contributed by atoms with Crippen molar-refractivity contribution in [3.63, 3.8) is 0 Å². The molecule has 3 heterocycles. The molecule has 0 saturated carbocycles. The van der Waals surface area contributed by atoms with Crippen molar-refractivity contribution in [2.75, 3.05) is 11.9 Å². The number of urea groups is 1. The molecular weight excluding hydrogens is 384 g/mol. The zero-order valence-electron chi connectivity index (χ0n) is 16.9. The highest BCUT2D eigenvalue weighted by atomic mass is 16.2. The molecule has 0 saturated heterocycles. The van der Waals surface area contributed by atoms with E-state index >= 15 is 0 Å². The number of fused-ring (bicyclic) bond motifs is 3. The zero-order chi connectivity index (χ0) is 20.8. The number of amides is 2. The smallest absolute Gasteiger partial charge is 0.322 e. The first kappa shape index (κ1) is 17.8. The Bertz CT molecular complexity index is 1410. The van der Waals surface area contributed by atoms with Gasteiger partial charge in [0, 0.05) is 46.3 Å². The van der Waals surface area contributed by atoms with E-state index in [2.05, 4.69) is 51.7 Å². The van der Waals surface area contributed by atoms with Gasteiger partial charge >= 0.3 is 6.03 Å². The molecule has 31 heavy (non-hydrogen) atoms. The quantitative estimate of drug-likeness (QED) is 0.339. The fourth-order valence-electron chi connectivity index (χ4n) is 4.80. The molecule has 3 N–H and O–H groups in total. The summed E-state index contributed by atoms with van der Waals surface area (Å²) >= 11 is 0. The maximum Gasteiger partial charge on any atom is 0.322 e. The third-order valence-corrected chi connectivity index (χ3v) is 6.29. The third kappa shape index (κ3) is 2.89. The van der Waals surface area contributed by atoms with Crippen LogP contribution in [0.3, 0.4) is 0 Å². The van der Waals surface area contributed by atoms with Gasteiger partial charge in [-0.2, -0.15) is 0 Å². The van der Waals surface area contributed by atoms with E-state index in [4.69, 9.17) is 0 Å². The lowest BCUT2D eigenvalue weighted by Crippen LogP contribution is -2.42. The van der Waals surface area contributed by atoms with Crippen LogP contribution in [-0.2, 0) is 6.42 Å². The van der Waals surface area contributed by atoms with E-state index in [1.807, 2.05) is 53.7 Å². The summed E-state index contributed by atoms with van der Waals surface area (Å²) in [6.45, 7) is 0.662. The highest BCUT2D eigenvalue weighted by Gasteiger charge is 2.33. The lowest BCUT2D eigenvalue weighted by molar-refractivity contribution is 0.194. The molecule has 152 valence electrons. The number of carbonyl (C=O) groups excluding carboxylic acids is 1. The third-order valence-electron chi connectivity index (χ3n) is 6.29. The second-order valence-electron chi connectivity index (χ2n) is 8.01. The molecule has 5 aromatic rings. The van der Waals surface area contributed by atoms with E-state index in [9.17, 15) is 4.79 Å². The van der Waals surface area contributed by atoms with Crippen LogP contribution >= 0.6 is 0 Å². The van der Waals surface area contributed by atoms with E-state index in [0.717, 1.165) is 39.5 Å². The van der Waals surface area contributed by atoms with E-state index in [1.165, 1.54) is 11.1 Å². The number of anilines is 1. The van der Waals surface area contributed by atoms with Gasteiger partial charge in [-0.3, -0.25) is 0 Å². The maximum atomic E-state index is 13.6. The lowest BCUT2D eigenvalue weighted by atomic mass is 9.88. The minimum atomic E-state index is -0.147. The van der Waals surface area contributed by atoms with Crippen molar-refractivity contribution in [3.8, 4) is 0 Å². The Morgan fingerprint density at radius 3 is 2.35 bits per heavy atom. The number of carbonyl (C=O) groups is 1. The average molecular weight is 406 g/mol. The molecule has 0 radical (unpaired) electrons. The van der Waals surface area contributed by atoms with Gasteiger partial charge in [0.2, 0.25) is 0 Å². The molecule has 5 heteroatoms. The van der Waals surface area contributed by atoms with Crippen molar-refractivity contribution in [3.05, 3.63) is 102 Å². The topological polar surface area (TPSA) is 63.9 Å². The fraction of sp³-hybridized carbons (Fsp3) is 0.115. The first-order chi connectivity index (χ1) is 15.3. The van der Waals surface area contributed by atoms with Crippen LogP contribution in [0.5, 0.6) is 0 Å². The Kier molecular flexibility index (Phi) is 4.06. The summed E-state index contributed by atoms with van der Waals surface area (Å²) in [5.41, 5.74) is 6.50. The first-order valence-corrected chi connectivity index (χ1v) is 10.6. The van der Waals surface area contributed by atoms with Gasteiger partial charge in [0.1, 0.15) is 0 Å². The summed E-state index contributed by atoms with van der Waals surface area (Å²) < 4.78 is 0. The normalized spacial score (nSPS) is 15.9. The molecule has 6 rings (SSSR count). The Morgan fingerprint density at radius 2 is 1.48 bits per heavy atom. The van der Waals surface area contributed by atoms with Gasteiger partial charge in [0.25, 0.3) is 0 Å². The van der Waals surface area contributed by atoms with Crippen LogP contribution < -0.4 is 5.32 Å². The number of nitrogens with zero attached hydrogens (tertiary/aromatic N) is 1. The zero-order valence-corrected chi connectivity index (χ0v) is 16.9. The number of para-hydroxylation sites is 2. The number of hydrogen-bond donors (Lipinski definition) is 3. The average Bonchev–Trinajstić information content (AvgIpc) is 3.43. The SMILES string of the molecule is O=C(Nc1c[nH]c2ccccc12)N1CCc2ccccc2C1c1c[nH]c2ccccc12. The monoisotopic (exact) mass is 406 g/mol. The molecule has 0 bridgehead atoms. The van der Waals surface area contributed by atoms with Gasteiger partial charge in [-0.15, -0.1) is 0 Å². The van der Waals surface area contributed by atoms with E-state index in [1.54, 1.807) is 0 Å². The summed E-state index contributed by atoms with van der Waals surface area (Å²) in [6.07, 6.45) is 4.75. The van der Waals surface area contributed by atoms with Gasteiger partial charge in [0.15, 0.2) is 0 Å². The predicted octanol–water partition coefficient (Wildman–Crippen LogP) is 5.83. The number of hydrogen-bond acceptors (Lipinski definition) is 1. The van der Waals surface area contributed by atoms with Crippen molar-refractivity contribution in [2.24, 2.45) is 0 Å². The molecular formula is C26H22N4O. The summed E-state index contributed by atoms with van der Waals surface area (Å²) in [5, 5.41) is 5.31. The molecule has 1 aliphatic rings. The number of nitrogens with one attached hydrogen (secondary N) is 3. The number of aromatic nitrogens is 2. The van der Waals surface area contributed by atoms with Gasteiger partial charge in [-0.1, -0.05) is 60.7 Å². The number of benzene rings is 3. The molecule has 1 atom stereocenters. The summed E-state index contributed by atoms with van der Waals surface area (Å²) in [5.74, 6) is 0. The minimum Gasteiger partial charge on any atom is -0.361 e. The fourth-order valence-corrected chi connectivity index (χ4v) is 4.80. The van der Waals surface area contributed by atoms with Crippen LogP contribution in [0.15, 0.2) is 85.2 Å². The van der Waals surface area contributed by atoms with E-state index < -0.39 is 0 Å². The molecule has 5 nitrogen and oxygen atoms in total. The highest BCUT2D eigenvalue weighted by Crippen LogP contribution is 2.38. The standard InChI is InChI=1S/C26H22N4O/c31-26(29-24-16-28-23-12-6-4-10-20(23)24)30-14-13-17-7-1-2-8-18(17)25(30)21-15-27-22-11-5-3-9-19(21)22/h1-12,15-16,25,27-28H,13-14H2,(H,29,31). The second kappa shape index (κ2) is 7.06. The Balaban J connectivity index is 1.43. The van der Waals surface area contributed by atoms with Gasteiger partial charge in [-0.05, 0) is 29.7 Å². The van der Waals surface area contributed by atoms with Crippen LogP contribution in [0.1, 0.15) is 22.7 Å². The van der Waals surface area contributed by atoms with Crippen LogP contribution in [0.25, 0.3) is 21.8 Å². The second-order valence-corrected chi connectivity index (χ2v) is 8.01. The first-order valence-electron chi connectivity index (χ1n) is 10.6. The largest absolute Gasteiger partial charge is 0.361 e. The van der Waals surface area contributed by atoms with Crippen molar-refractivity contribution in [1.82, 2.24) is 14.9 Å². The summed E-state index contributed by atoms with van der Waals surface area (Å²) in [6, 6.07) is 24.5. The van der Waals surface area contributed by atoms with Crippen LogP contribution in [-0.4, -0.2) is 27.4 Å². The molecule has 0 fully saturated rings. The molecule has 2 amide bonds. The summed E-state index contributed by atoms with van der Waals surface area (Å²) in [7, 11) is 0. The van der Waals surface area contributed by atoms with Crippen molar-refractivity contribution in [2.45, 2.75) is 12.5 Å². The Labute approximate surface area is 179 Å². The highest BCUT2D eigenvalue weighted by molar-refractivity contribution is 6.01. The van der Waals surface area contributed by atoms with Crippen LogP contribution in [0, 0.1) is 0 Å². The van der Waals surface area contributed by atoms with Crippen LogP contribution in [0.2, 0.25) is 0 Å². The minimum absolute atomic E-state index is 0.0884. The Hall–Kier alpha value is -3.99. The van der Waals surface area contributed by atoms with E-state index in [-0.39, 0.29) is 12.1 Å². The molecule has 0 aliphatic carbocycles. The van der Waals surface area contributed by atoms with Crippen LogP contribution in [0.4, 0.5) is 10.5 Å². The maximum absolute atomic E-state index is 13.6. The Morgan fingerprint density at radius 1 is 0.806 bits per heavy atom. The van der Waals surface area contributed by atoms with Crippen molar-refractivity contribution >= 4 is 33.5 Å². The number of aromatic amines is 2. The van der Waals surface area contributed by atoms with E-state index in [0.29, 0.717) is 6.54 Å². The van der Waals surface area contributed by atoms with Crippen molar-refractivity contribution in [1.29, 1.82) is 0 Å². The number of rotatable bonds is 2.